The fourth-order valence-electron chi connectivity index (χ4n) is 2.96. The first-order valence-corrected chi connectivity index (χ1v) is 9.40. The molecule has 0 aliphatic rings. The zero-order chi connectivity index (χ0) is 20.6. The molecular formula is C23H23N3O3. The Balaban J connectivity index is 1.62. The summed E-state index contributed by atoms with van der Waals surface area (Å²) in [6.45, 7) is 4.41. The second kappa shape index (κ2) is 9.50. The number of hydrogen-bond acceptors (Lipinski definition) is 4. The molecule has 3 aromatic carbocycles. The van der Waals surface area contributed by atoms with Gasteiger partial charge in [-0.2, -0.15) is 5.10 Å². The molecule has 0 atom stereocenters. The number of nitrogens with one attached hydrogen (secondary N) is 2. The van der Waals surface area contributed by atoms with Crippen molar-refractivity contribution in [1.82, 2.24) is 5.43 Å². The highest BCUT2D eigenvalue weighted by Gasteiger charge is 2.10. The Labute approximate surface area is 169 Å². The van der Waals surface area contributed by atoms with E-state index < -0.39 is 11.8 Å². The van der Waals surface area contributed by atoms with E-state index in [4.69, 9.17) is 4.74 Å². The number of ether oxygens (including phenoxy) is 1. The van der Waals surface area contributed by atoms with Crippen LogP contribution in [0.5, 0.6) is 5.75 Å². The Bertz CT molecular complexity index is 1060. The lowest BCUT2D eigenvalue weighted by Gasteiger charge is -2.09. The molecule has 0 bridgehead atoms. The Morgan fingerprint density at radius 1 is 0.966 bits per heavy atom. The molecule has 0 unspecified atom stereocenters. The lowest BCUT2D eigenvalue weighted by molar-refractivity contribution is -0.126. The number of benzene rings is 3. The molecule has 6 heteroatoms. The summed E-state index contributed by atoms with van der Waals surface area (Å²) in [6, 6.07) is 19.0. The molecule has 0 heterocycles. The third kappa shape index (κ3) is 5.19. The molecule has 2 N–H and O–H groups in total. The van der Waals surface area contributed by atoms with E-state index in [9.17, 15) is 9.59 Å². The number of carbonyl (C=O) groups is 2. The molecule has 0 saturated carbocycles. The molecule has 29 heavy (non-hydrogen) atoms. The predicted molar refractivity (Wildman–Crippen MR) is 115 cm³/mol. The maximum absolute atomic E-state index is 12.0. The quantitative estimate of drug-likeness (QED) is 0.364. The van der Waals surface area contributed by atoms with Gasteiger partial charge in [-0.05, 0) is 43.0 Å². The van der Waals surface area contributed by atoms with E-state index in [1.165, 1.54) is 0 Å². The number of fused-ring (bicyclic) bond motifs is 1. The summed E-state index contributed by atoms with van der Waals surface area (Å²) in [4.78, 5) is 24.1. The first-order chi connectivity index (χ1) is 14.1. The van der Waals surface area contributed by atoms with Crippen molar-refractivity contribution < 1.29 is 14.3 Å². The Morgan fingerprint density at radius 2 is 1.69 bits per heavy atom. The van der Waals surface area contributed by atoms with Crippen molar-refractivity contribution in [2.75, 3.05) is 11.9 Å². The Kier molecular flexibility index (Phi) is 6.58. The van der Waals surface area contributed by atoms with Gasteiger partial charge in [-0.15, -0.1) is 0 Å². The highest BCUT2D eigenvalue weighted by atomic mass is 16.5. The molecular weight excluding hydrogens is 366 g/mol. The number of carbonyl (C=O) groups excluding carboxylic acids is 2. The van der Waals surface area contributed by atoms with Crippen LogP contribution < -0.4 is 15.5 Å². The van der Waals surface area contributed by atoms with Gasteiger partial charge in [0.25, 0.3) is 0 Å². The number of hydrogen-bond donors (Lipinski definition) is 2. The van der Waals surface area contributed by atoms with Crippen LogP contribution in [0.4, 0.5) is 5.69 Å². The van der Waals surface area contributed by atoms with E-state index in [1.807, 2.05) is 68.4 Å². The van der Waals surface area contributed by atoms with Crippen LogP contribution in [0.1, 0.15) is 24.5 Å². The minimum absolute atomic E-state index is 0.310. The molecule has 3 aromatic rings. The predicted octanol–water partition coefficient (Wildman–Crippen LogP) is 4.03. The molecule has 0 aliphatic carbocycles. The van der Waals surface area contributed by atoms with Crippen LogP contribution in [-0.4, -0.2) is 24.6 Å². The van der Waals surface area contributed by atoms with E-state index in [-0.39, 0.29) is 6.42 Å². The van der Waals surface area contributed by atoms with Gasteiger partial charge in [0.05, 0.1) is 12.8 Å². The van der Waals surface area contributed by atoms with Gasteiger partial charge in [-0.1, -0.05) is 42.5 Å². The van der Waals surface area contributed by atoms with Gasteiger partial charge in [0, 0.05) is 16.6 Å². The zero-order valence-electron chi connectivity index (χ0n) is 16.4. The average Bonchev–Trinajstić information content (AvgIpc) is 2.71. The molecule has 0 saturated heterocycles. The molecule has 0 aliphatic heterocycles. The zero-order valence-corrected chi connectivity index (χ0v) is 16.4. The molecule has 2 amide bonds. The van der Waals surface area contributed by atoms with Crippen LogP contribution in [0.3, 0.4) is 0 Å². The van der Waals surface area contributed by atoms with E-state index in [2.05, 4.69) is 15.8 Å². The normalized spacial score (nSPS) is 10.8. The fraction of sp³-hybridized carbons (Fsp3) is 0.174. The van der Waals surface area contributed by atoms with Gasteiger partial charge in [-0.3, -0.25) is 9.59 Å². The highest BCUT2D eigenvalue weighted by Crippen LogP contribution is 2.27. The maximum Gasteiger partial charge on any atom is 0.249 e. The van der Waals surface area contributed by atoms with E-state index >= 15 is 0 Å². The minimum atomic E-state index is -0.484. The standard InChI is InChI=1S/C23H23N3O3/c1-3-29-21-13-12-17(18-9-5-6-10-19(18)21)15-24-26-23(28)14-22(27)25-20-11-7-4-8-16(20)2/h4-13,15H,3,14H2,1-2H3,(H,25,27)(H,26,28). The molecule has 0 aromatic heterocycles. The molecule has 0 radical (unpaired) electrons. The maximum atomic E-state index is 12.0. The number of nitrogens with zero attached hydrogens (tertiary/aromatic N) is 1. The van der Waals surface area contributed by atoms with Crippen LogP contribution in [0, 0.1) is 6.92 Å². The van der Waals surface area contributed by atoms with Crippen LogP contribution in [0.25, 0.3) is 10.8 Å². The lowest BCUT2D eigenvalue weighted by Crippen LogP contribution is -2.24. The fourth-order valence-corrected chi connectivity index (χ4v) is 2.96. The first kappa shape index (κ1) is 20.1. The Morgan fingerprint density at radius 3 is 2.45 bits per heavy atom. The van der Waals surface area contributed by atoms with E-state index in [0.29, 0.717) is 12.3 Å². The lowest BCUT2D eigenvalue weighted by atomic mass is 10.0. The van der Waals surface area contributed by atoms with Crippen molar-refractivity contribution in [2.24, 2.45) is 5.10 Å². The second-order valence-electron chi connectivity index (χ2n) is 6.46. The van der Waals surface area contributed by atoms with Crippen LogP contribution in [0.15, 0.2) is 65.8 Å². The van der Waals surface area contributed by atoms with Crippen molar-refractivity contribution in [1.29, 1.82) is 0 Å². The minimum Gasteiger partial charge on any atom is -0.493 e. The summed E-state index contributed by atoms with van der Waals surface area (Å²) >= 11 is 0. The van der Waals surface area contributed by atoms with Gasteiger partial charge in [0.15, 0.2) is 0 Å². The Hall–Kier alpha value is -3.67. The first-order valence-electron chi connectivity index (χ1n) is 9.40. The number of anilines is 1. The summed E-state index contributed by atoms with van der Waals surface area (Å²) in [6.07, 6.45) is 1.25. The number of hydrazone groups is 1. The SMILES string of the molecule is CCOc1ccc(C=NNC(=O)CC(=O)Nc2ccccc2C)c2ccccc12. The van der Waals surface area contributed by atoms with Gasteiger partial charge in [-0.25, -0.2) is 5.43 Å². The second-order valence-corrected chi connectivity index (χ2v) is 6.46. The third-order valence-electron chi connectivity index (χ3n) is 4.35. The molecule has 0 spiro atoms. The van der Waals surface area contributed by atoms with Crippen LogP contribution in [-0.2, 0) is 9.59 Å². The smallest absolute Gasteiger partial charge is 0.249 e. The summed E-state index contributed by atoms with van der Waals surface area (Å²) in [7, 11) is 0. The molecule has 6 nitrogen and oxygen atoms in total. The van der Waals surface area contributed by atoms with Gasteiger partial charge in [0.1, 0.15) is 12.2 Å². The van der Waals surface area contributed by atoms with E-state index in [1.54, 1.807) is 12.3 Å². The van der Waals surface area contributed by atoms with E-state index in [0.717, 1.165) is 27.6 Å². The van der Waals surface area contributed by atoms with Crippen LogP contribution in [0.2, 0.25) is 0 Å². The largest absolute Gasteiger partial charge is 0.493 e. The monoisotopic (exact) mass is 389 g/mol. The average molecular weight is 389 g/mol. The van der Waals surface area contributed by atoms with Gasteiger partial charge < -0.3 is 10.1 Å². The van der Waals surface area contributed by atoms with Crippen molar-refractivity contribution >= 4 is 34.5 Å². The van der Waals surface area contributed by atoms with Crippen molar-refractivity contribution in [3.05, 3.63) is 71.8 Å². The van der Waals surface area contributed by atoms with Gasteiger partial charge >= 0.3 is 0 Å². The van der Waals surface area contributed by atoms with Crippen molar-refractivity contribution in [2.45, 2.75) is 20.3 Å². The highest BCUT2D eigenvalue weighted by molar-refractivity contribution is 6.05. The number of aryl methyl sites for hydroxylation is 1. The summed E-state index contributed by atoms with van der Waals surface area (Å²) in [5.74, 6) is -0.0711. The third-order valence-corrected chi connectivity index (χ3v) is 4.35. The van der Waals surface area contributed by atoms with Gasteiger partial charge in [0.2, 0.25) is 11.8 Å². The summed E-state index contributed by atoms with van der Waals surface area (Å²) in [5.41, 5.74) is 4.87. The van der Waals surface area contributed by atoms with Crippen LogP contribution >= 0.6 is 0 Å². The van der Waals surface area contributed by atoms with Crippen molar-refractivity contribution in [3.8, 4) is 5.75 Å². The number of para-hydroxylation sites is 1. The molecule has 148 valence electrons. The van der Waals surface area contributed by atoms with Crippen molar-refractivity contribution in [3.63, 3.8) is 0 Å². The summed E-state index contributed by atoms with van der Waals surface area (Å²) < 4.78 is 5.66. The topological polar surface area (TPSA) is 79.8 Å². The number of rotatable bonds is 7. The summed E-state index contributed by atoms with van der Waals surface area (Å²) in [5, 5.41) is 8.67. The molecule has 0 fully saturated rings. The number of amides is 2. The molecule has 3 rings (SSSR count).